The molecule has 5 nitrogen and oxygen atoms in total. The molecule has 1 saturated heterocycles. The van der Waals surface area contributed by atoms with Crippen molar-refractivity contribution in [2.24, 2.45) is 0 Å². The van der Waals surface area contributed by atoms with Gasteiger partial charge in [-0.2, -0.15) is 0 Å². The SMILES string of the molecule is COC(=O)/C=C1\CCN(C(=O)OC(C)(C)C)C(C)(C)C1. The van der Waals surface area contributed by atoms with Crippen LogP contribution >= 0.6 is 0 Å². The first kappa shape index (κ1) is 16.5. The van der Waals surface area contributed by atoms with Gasteiger partial charge in [0.05, 0.1) is 7.11 Å². The van der Waals surface area contributed by atoms with Crippen molar-refractivity contribution in [2.45, 2.75) is 58.6 Å². The number of rotatable bonds is 1. The standard InChI is InChI=1S/C15H25NO4/c1-14(2,3)20-13(18)16-8-7-11(9-12(17)19-6)10-15(16,4)5/h9H,7-8,10H2,1-6H3/b11-9+. The molecule has 0 N–H and O–H groups in total. The fourth-order valence-electron chi connectivity index (χ4n) is 2.30. The van der Waals surface area contributed by atoms with Crippen molar-refractivity contribution in [1.29, 1.82) is 0 Å². The number of hydrogen-bond acceptors (Lipinski definition) is 4. The molecule has 114 valence electrons. The molecule has 0 aromatic heterocycles. The Morgan fingerprint density at radius 3 is 2.35 bits per heavy atom. The van der Waals surface area contributed by atoms with Crippen molar-refractivity contribution in [3.63, 3.8) is 0 Å². The summed E-state index contributed by atoms with van der Waals surface area (Å²) in [5, 5.41) is 0. The first-order chi connectivity index (χ1) is 9.05. The van der Waals surface area contributed by atoms with Gasteiger partial charge in [0.15, 0.2) is 0 Å². The van der Waals surface area contributed by atoms with E-state index in [0.29, 0.717) is 19.4 Å². The number of esters is 1. The summed E-state index contributed by atoms with van der Waals surface area (Å²) in [7, 11) is 1.36. The Morgan fingerprint density at radius 2 is 1.90 bits per heavy atom. The van der Waals surface area contributed by atoms with Gasteiger partial charge in [0.1, 0.15) is 5.60 Å². The van der Waals surface area contributed by atoms with Gasteiger partial charge in [0.25, 0.3) is 0 Å². The maximum absolute atomic E-state index is 12.2. The minimum atomic E-state index is -0.505. The number of methoxy groups -OCH3 is 1. The van der Waals surface area contributed by atoms with Crippen molar-refractivity contribution in [3.05, 3.63) is 11.6 Å². The maximum Gasteiger partial charge on any atom is 0.410 e. The molecule has 1 aliphatic rings. The van der Waals surface area contributed by atoms with Gasteiger partial charge in [0.2, 0.25) is 0 Å². The van der Waals surface area contributed by atoms with E-state index in [-0.39, 0.29) is 17.6 Å². The molecule has 0 saturated carbocycles. The lowest BCUT2D eigenvalue weighted by molar-refractivity contribution is -0.134. The Hall–Kier alpha value is -1.52. The van der Waals surface area contributed by atoms with Crippen molar-refractivity contribution in [2.75, 3.05) is 13.7 Å². The smallest absolute Gasteiger partial charge is 0.410 e. The summed E-state index contributed by atoms with van der Waals surface area (Å²) in [5.74, 6) is -0.346. The third-order valence-electron chi connectivity index (χ3n) is 3.18. The number of nitrogens with zero attached hydrogens (tertiary/aromatic N) is 1. The van der Waals surface area contributed by atoms with Crippen LogP contribution in [-0.4, -0.2) is 41.8 Å². The Kier molecular flexibility index (Phi) is 4.84. The van der Waals surface area contributed by atoms with E-state index in [2.05, 4.69) is 4.74 Å². The summed E-state index contributed by atoms with van der Waals surface area (Å²) in [6.07, 6.45) is 2.52. The van der Waals surface area contributed by atoms with E-state index >= 15 is 0 Å². The quantitative estimate of drug-likeness (QED) is 0.548. The van der Waals surface area contributed by atoms with Gasteiger partial charge in [-0.3, -0.25) is 0 Å². The third kappa shape index (κ3) is 4.54. The summed E-state index contributed by atoms with van der Waals surface area (Å²) >= 11 is 0. The number of hydrogen-bond donors (Lipinski definition) is 0. The summed E-state index contributed by atoms with van der Waals surface area (Å²) in [6, 6.07) is 0. The van der Waals surface area contributed by atoms with E-state index < -0.39 is 5.60 Å². The molecule has 1 rings (SSSR count). The summed E-state index contributed by atoms with van der Waals surface area (Å²) in [6.45, 7) is 10.0. The number of amides is 1. The van der Waals surface area contributed by atoms with E-state index in [4.69, 9.17) is 4.74 Å². The largest absolute Gasteiger partial charge is 0.466 e. The molecule has 1 heterocycles. The van der Waals surface area contributed by atoms with Crippen LogP contribution in [0.5, 0.6) is 0 Å². The molecule has 5 heteroatoms. The summed E-state index contributed by atoms with van der Waals surface area (Å²) in [4.78, 5) is 25.2. The molecule has 0 atom stereocenters. The summed E-state index contributed by atoms with van der Waals surface area (Å²) in [5.41, 5.74) is 0.122. The second-order valence-electron chi connectivity index (χ2n) is 6.70. The normalized spacial score (nSPS) is 20.7. The molecular formula is C15H25NO4. The fourth-order valence-corrected chi connectivity index (χ4v) is 2.30. The molecular weight excluding hydrogens is 258 g/mol. The molecule has 0 spiro atoms. The molecule has 0 radical (unpaired) electrons. The van der Waals surface area contributed by atoms with Crippen LogP contribution in [-0.2, 0) is 14.3 Å². The van der Waals surface area contributed by atoms with Gasteiger partial charge < -0.3 is 14.4 Å². The minimum absolute atomic E-state index is 0.306. The van der Waals surface area contributed by atoms with Gasteiger partial charge in [-0.25, -0.2) is 9.59 Å². The van der Waals surface area contributed by atoms with Crippen LogP contribution in [0.15, 0.2) is 11.6 Å². The van der Waals surface area contributed by atoms with Crippen molar-refractivity contribution < 1.29 is 19.1 Å². The highest BCUT2D eigenvalue weighted by molar-refractivity contribution is 5.82. The van der Waals surface area contributed by atoms with Crippen LogP contribution in [0.1, 0.15) is 47.5 Å². The van der Waals surface area contributed by atoms with E-state index in [1.807, 2.05) is 34.6 Å². The van der Waals surface area contributed by atoms with Crippen LogP contribution in [0, 0.1) is 0 Å². The van der Waals surface area contributed by atoms with Gasteiger partial charge in [-0.15, -0.1) is 0 Å². The topological polar surface area (TPSA) is 55.8 Å². The molecule has 1 amide bonds. The highest BCUT2D eigenvalue weighted by Gasteiger charge is 2.37. The van der Waals surface area contributed by atoms with Crippen LogP contribution in [0.3, 0.4) is 0 Å². The van der Waals surface area contributed by atoms with E-state index in [9.17, 15) is 9.59 Å². The van der Waals surface area contributed by atoms with Gasteiger partial charge >= 0.3 is 12.1 Å². The summed E-state index contributed by atoms with van der Waals surface area (Å²) < 4.78 is 10.1. The molecule has 0 unspecified atom stereocenters. The number of carbonyl (C=O) groups is 2. The van der Waals surface area contributed by atoms with Gasteiger partial charge in [0, 0.05) is 18.2 Å². The number of piperidine rings is 1. The van der Waals surface area contributed by atoms with Crippen LogP contribution in [0.25, 0.3) is 0 Å². The molecule has 0 aliphatic carbocycles. The molecule has 0 aromatic rings. The van der Waals surface area contributed by atoms with Crippen LogP contribution < -0.4 is 0 Å². The predicted molar refractivity (Wildman–Crippen MR) is 76.4 cm³/mol. The third-order valence-corrected chi connectivity index (χ3v) is 3.18. The van der Waals surface area contributed by atoms with E-state index in [1.165, 1.54) is 13.2 Å². The fraction of sp³-hybridized carbons (Fsp3) is 0.733. The van der Waals surface area contributed by atoms with Gasteiger partial charge in [-0.1, -0.05) is 5.57 Å². The second kappa shape index (κ2) is 5.85. The minimum Gasteiger partial charge on any atom is -0.466 e. The highest BCUT2D eigenvalue weighted by atomic mass is 16.6. The lowest BCUT2D eigenvalue weighted by atomic mass is 9.87. The Morgan fingerprint density at radius 1 is 1.30 bits per heavy atom. The molecule has 0 aromatic carbocycles. The lowest BCUT2D eigenvalue weighted by Gasteiger charge is -2.43. The average molecular weight is 283 g/mol. The molecule has 1 fully saturated rings. The zero-order chi connectivity index (χ0) is 15.6. The van der Waals surface area contributed by atoms with E-state index in [1.54, 1.807) is 4.90 Å². The molecule has 0 bridgehead atoms. The van der Waals surface area contributed by atoms with Crippen LogP contribution in [0.4, 0.5) is 4.79 Å². The molecule has 20 heavy (non-hydrogen) atoms. The van der Waals surface area contributed by atoms with Crippen molar-refractivity contribution >= 4 is 12.1 Å². The number of likely N-dealkylation sites (tertiary alicyclic amines) is 1. The number of carbonyl (C=O) groups excluding carboxylic acids is 2. The number of ether oxygens (including phenoxy) is 2. The second-order valence-corrected chi connectivity index (χ2v) is 6.70. The van der Waals surface area contributed by atoms with E-state index in [0.717, 1.165) is 5.57 Å². The zero-order valence-electron chi connectivity index (χ0n) is 13.3. The molecule has 1 aliphatic heterocycles. The van der Waals surface area contributed by atoms with Crippen molar-refractivity contribution in [3.8, 4) is 0 Å². The zero-order valence-corrected chi connectivity index (χ0v) is 13.3. The Bertz CT molecular complexity index is 418. The Balaban J connectivity index is 2.78. The predicted octanol–water partition coefficient (Wildman–Crippen LogP) is 2.90. The first-order valence-electron chi connectivity index (χ1n) is 6.83. The van der Waals surface area contributed by atoms with Gasteiger partial charge in [-0.05, 0) is 47.5 Å². The highest BCUT2D eigenvalue weighted by Crippen LogP contribution is 2.32. The Labute approximate surface area is 120 Å². The van der Waals surface area contributed by atoms with Crippen LogP contribution in [0.2, 0.25) is 0 Å². The first-order valence-corrected chi connectivity index (χ1v) is 6.83. The maximum atomic E-state index is 12.2. The lowest BCUT2D eigenvalue weighted by Crippen LogP contribution is -2.52. The monoisotopic (exact) mass is 283 g/mol. The van der Waals surface area contributed by atoms with Crippen molar-refractivity contribution in [1.82, 2.24) is 4.90 Å². The average Bonchev–Trinajstić information content (AvgIpc) is 2.24.